The highest BCUT2D eigenvalue weighted by Gasteiger charge is 2.35. The second-order valence-electron chi connectivity index (χ2n) is 12.9. The van der Waals surface area contributed by atoms with E-state index in [2.05, 4.69) is 141 Å². The normalized spacial score (nSPS) is 13.9. The summed E-state index contributed by atoms with van der Waals surface area (Å²) >= 11 is 0. The van der Waals surface area contributed by atoms with Crippen molar-refractivity contribution in [2.24, 2.45) is 0 Å². The maximum atomic E-state index is 6.27. The van der Waals surface area contributed by atoms with Crippen molar-refractivity contribution in [3.8, 4) is 33.4 Å². The summed E-state index contributed by atoms with van der Waals surface area (Å²) in [5, 5.41) is 10.1. The molecule has 0 saturated carbocycles. The first kappa shape index (κ1) is 24.1. The van der Waals surface area contributed by atoms with Gasteiger partial charge < -0.3 is 4.42 Å². The smallest absolute Gasteiger partial charge is 0.136 e. The molecule has 0 radical (unpaired) electrons. The zero-order chi connectivity index (χ0) is 29.2. The van der Waals surface area contributed by atoms with Gasteiger partial charge in [0.05, 0.1) is 0 Å². The van der Waals surface area contributed by atoms with Crippen LogP contribution in [0.4, 0.5) is 0 Å². The molecule has 0 aliphatic heterocycles. The van der Waals surface area contributed by atoms with Crippen molar-refractivity contribution in [1.82, 2.24) is 0 Å². The molecule has 0 fully saturated rings. The molecule has 1 heteroatoms. The molecule has 0 amide bonds. The summed E-state index contributed by atoms with van der Waals surface area (Å²) in [7, 11) is 0. The summed E-state index contributed by atoms with van der Waals surface area (Å²) in [6, 6.07) is 49.2. The highest BCUT2D eigenvalue weighted by Crippen LogP contribution is 2.50. The lowest BCUT2D eigenvalue weighted by atomic mass is 9.81. The van der Waals surface area contributed by atoms with Crippen LogP contribution < -0.4 is 0 Å². The molecule has 1 aliphatic rings. The summed E-state index contributed by atoms with van der Waals surface area (Å²) < 4.78 is 6.27. The molecule has 0 saturated heterocycles. The van der Waals surface area contributed by atoms with Crippen LogP contribution in [-0.2, 0) is 5.41 Å². The van der Waals surface area contributed by atoms with Gasteiger partial charge in [0.1, 0.15) is 11.2 Å². The van der Waals surface area contributed by atoms with Gasteiger partial charge in [0, 0.05) is 16.2 Å². The fourth-order valence-corrected chi connectivity index (χ4v) is 8.16. The molecule has 10 rings (SSSR count). The Labute approximate surface area is 255 Å². The molecule has 1 aromatic heterocycles. The van der Waals surface area contributed by atoms with Crippen LogP contribution in [0.5, 0.6) is 0 Å². The van der Waals surface area contributed by atoms with Crippen molar-refractivity contribution in [2.75, 3.05) is 0 Å². The van der Waals surface area contributed by atoms with Crippen molar-refractivity contribution in [1.29, 1.82) is 0 Å². The van der Waals surface area contributed by atoms with E-state index in [4.69, 9.17) is 4.42 Å². The van der Waals surface area contributed by atoms with Crippen LogP contribution in [0.15, 0.2) is 138 Å². The van der Waals surface area contributed by atoms with Crippen LogP contribution in [0.1, 0.15) is 25.0 Å². The van der Waals surface area contributed by atoms with Crippen LogP contribution in [-0.4, -0.2) is 0 Å². The predicted molar refractivity (Wildman–Crippen MR) is 186 cm³/mol. The molecule has 0 bridgehead atoms. The Kier molecular flexibility index (Phi) is 4.58. The number of furan rings is 1. The number of hydrogen-bond donors (Lipinski definition) is 0. The summed E-state index contributed by atoms with van der Waals surface area (Å²) in [5.74, 6) is 0. The van der Waals surface area contributed by atoms with E-state index in [9.17, 15) is 0 Å². The second-order valence-corrected chi connectivity index (χ2v) is 12.9. The number of hydrogen-bond acceptors (Lipinski definition) is 1. The largest absolute Gasteiger partial charge is 0.456 e. The predicted octanol–water partition coefficient (Wildman–Crippen LogP) is 12.1. The van der Waals surface area contributed by atoms with E-state index >= 15 is 0 Å². The minimum atomic E-state index is -0.0289. The van der Waals surface area contributed by atoms with E-state index in [0.29, 0.717) is 0 Å². The molecule has 44 heavy (non-hydrogen) atoms. The first-order valence-electron chi connectivity index (χ1n) is 15.4. The number of fused-ring (bicyclic) bond motifs is 6. The number of benzene rings is 8. The zero-order valence-electron chi connectivity index (χ0n) is 24.6. The van der Waals surface area contributed by atoms with Crippen molar-refractivity contribution >= 4 is 54.3 Å². The Morgan fingerprint density at radius 3 is 1.86 bits per heavy atom. The third kappa shape index (κ3) is 3.04. The van der Waals surface area contributed by atoms with E-state index in [-0.39, 0.29) is 5.41 Å². The third-order valence-corrected chi connectivity index (χ3v) is 10.3. The third-order valence-electron chi connectivity index (χ3n) is 10.3. The fourth-order valence-electron chi connectivity index (χ4n) is 8.16. The SMILES string of the molecule is CC1(C)c2ccccc2-c2ccc(-c3ccc4ccc5c(-c6cccc7oc8ccccc8c67)ccc6ccc3c4c65)cc21. The van der Waals surface area contributed by atoms with E-state index in [0.717, 1.165) is 16.6 Å². The van der Waals surface area contributed by atoms with Gasteiger partial charge in [0.15, 0.2) is 0 Å². The molecule has 0 atom stereocenters. The van der Waals surface area contributed by atoms with Gasteiger partial charge in [-0.25, -0.2) is 0 Å². The molecule has 1 aliphatic carbocycles. The van der Waals surface area contributed by atoms with Gasteiger partial charge in [-0.05, 0) is 95.0 Å². The van der Waals surface area contributed by atoms with E-state index < -0.39 is 0 Å². The number of rotatable bonds is 2. The molecule has 9 aromatic rings. The Hall–Kier alpha value is -5.40. The van der Waals surface area contributed by atoms with Crippen molar-refractivity contribution in [3.05, 3.63) is 145 Å². The van der Waals surface area contributed by atoms with Crippen LogP contribution in [0.2, 0.25) is 0 Å². The quantitative estimate of drug-likeness (QED) is 0.192. The summed E-state index contributed by atoms with van der Waals surface area (Å²) in [6.45, 7) is 4.72. The van der Waals surface area contributed by atoms with Crippen molar-refractivity contribution in [3.63, 3.8) is 0 Å². The Bertz CT molecular complexity index is 2630. The molecule has 8 aromatic carbocycles. The first-order valence-corrected chi connectivity index (χ1v) is 15.4. The topological polar surface area (TPSA) is 13.1 Å². The monoisotopic (exact) mass is 560 g/mol. The summed E-state index contributed by atoms with van der Waals surface area (Å²) in [5.41, 5.74) is 12.4. The average molecular weight is 561 g/mol. The molecular formula is C43H28O. The maximum Gasteiger partial charge on any atom is 0.136 e. The average Bonchev–Trinajstić information content (AvgIpc) is 3.56. The van der Waals surface area contributed by atoms with Crippen LogP contribution in [0, 0.1) is 0 Å². The molecule has 0 unspecified atom stereocenters. The Morgan fingerprint density at radius 1 is 0.409 bits per heavy atom. The van der Waals surface area contributed by atoms with Crippen molar-refractivity contribution in [2.45, 2.75) is 19.3 Å². The molecule has 0 spiro atoms. The molecule has 1 heterocycles. The van der Waals surface area contributed by atoms with Gasteiger partial charge in [0.2, 0.25) is 0 Å². The van der Waals surface area contributed by atoms with Gasteiger partial charge in [0.25, 0.3) is 0 Å². The molecule has 1 nitrogen and oxygen atoms in total. The van der Waals surface area contributed by atoms with E-state index in [1.807, 2.05) is 6.07 Å². The lowest BCUT2D eigenvalue weighted by Crippen LogP contribution is -2.14. The number of para-hydroxylation sites is 1. The van der Waals surface area contributed by atoms with Gasteiger partial charge in [-0.1, -0.05) is 129 Å². The first-order chi connectivity index (χ1) is 21.6. The minimum Gasteiger partial charge on any atom is -0.456 e. The van der Waals surface area contributed by atoms with E-state index in [1.54, 1.807) is 0 Å². The van der Waals surface area contributed by atoms with Crippen LogP contribution in [0.3, 0.4) is 0 Å². The lowest BCUT2D eigenvalue weighted by molar-refractivity contribution is 0.660. The second kappa shape index (κ2) is 8.36. The zero-order valence-corrected chi connectivity index (χ0v) is 24.6. The Balaban J connectivity index is 1.23. The van der Waals surface area contributed by atoms with Crippen LogP contribution >= 0.6 is 0 Å². The van der Waals surface area contributed by atoms with Gasteiger partial charge in [-0.2, -0.15) is 0 Å². The van der Waals surface area contributed by atoms with E-state index in [1.165, 1.54) is 82.2 Å². The fraction of sp³-hybridized carbons (Fsp3) is 0.0698. The highest BCUT2D eigenvalue weighted by atomic mass is 16.3. The van der Waals surface area contributed by atoms with Gasteiger partial charge in [-0.15, -0.1) is 0 Å². The van der Waals surface area contributed by atoms with Gasteiger partial charge in [-0.3, -0.25) is 0 Å². The summed E-state index contributed by atoms with van der Waals surface area (Å²) in [4.78, 5) is 0. The standard InChI is InChI=1S/C43H28O/c1-43(2)36-11-5-3-8-30(36)31-21-18-27(24-37(31)43)28-19-14-25-17-23-34-29(20-15-26-16-22-33(28)40(25)41(26)34)32-10-7-13-39-42(32)35-9-4-6-12-38(35)44-39/h3-24H,1-2H3. The van der Waals surface area contributed by atoms with Crippen LogP contribution in [0.25, 0.3) is 87.6 Å². The molecule has 206 valence electrons. The maximum absolute atomic E-state index is 6.27. The lowest BCUT2D eigenvalue weighted by Gasteiger charge is -2.22. The minimum absolute atomic E-state index is 0.0289. The van der Waals surface area contributed by atoms with Gasteiger partial charge >= 0.3 is 0 Å². The van der Waals surface area contributed by atoms with Crippen molar-refractivity contribution < 1.29 is 4.42 Å². The molecule has 0 N–H and O–H groups in total. The Morgan fingerprint density at radius 2 is 1.02 bits per heavy atom. The highest BCUT2D eigenvalue weighted by molar-refractivity contribution is 6.28. The molecular weight excluding hydrogens is 532 g/mol. The summed E-state index contributed by atoms with van der Waals surface area (Å²) in [6.07, 6.45) is 0.